The summed E-state index contributed by atoms with van der Waals surface area (Å²) in [6.45, 7) is 3.27. The van der Waals surface area contributed by atoms with Gasteiger partial charge in [-0.25, -0.2) is 4.68 Å². The number of hydrogen-bond donors (Lipinski definition) is 0. The molecule has 0 amide bonds. The van der Waals surface area contributed by atoms with Crippen molar-refractivity contribution in [3.05, 3.63) is 35.7 Å². The molecule has 1 aromatic heterocycles. The van der Waals surface area contributed by atoms with Crippen LogP contribution in [0.3, 0.4) is 0 Å². The molecule has 0 bridgehead atoms. The lowest BCUT2D eigenvalue weighted by molar-refractivity contribution is 0.0661. The normalized spacial score (nSPS) is 20.3. The first kappa shape index (κ1) is 16.5. The zero-order valence-corrected chi connectivity index (χ0v) is 14.7. The summed E-state index contributed by atoms with van der Waals surface area (Å²) < 4.78 is 13.4. The summed E-state index contributed by atoms with van der Waals surface area (Å²) in [6.07, 6.45) is 4.91. The van der Waals surface area contributed by atoms with Crippen LogP contribution in [-0.2, 0) is 17.8 Å². The quantitative estimate of drug-likeness (QED) is 0.732. The number of nitrogens with zero attached hydrogens (tertiary/aromatic N) is 5. The molecule has 0 spiro atoms. The Labute approximate surface area is 147 Å². The zero-order valence-electron chi connectivity index (χ0n) is 14.7. The van der Waals surface area contributed by atoms with Crippen molar-refractivity contribution < 1.29 is 9.47 Å². The van der Waals surface area contributed by atoms with Crippen molar-refractivity contribution in [1.29, 1.82) is 0 Å². The third-order valence-corrected chi connectivity index (χ3v) is 4.89. The minimum atomic E-state index is 0.292. The van der Waals surface area contributed by atoms with Gasteiger partial charge in [0.1, 0.15) is 5.75 Å². The van der Waals surface area contributed by atoms with E-state index in [-0.39, 0.29) is 0 Å². The molecule has 7 heteroatoms. The molecular formula is C18H25N5O2. The molecule has 0 radical (unpaired) electrons. The molecule has 4 rings (SSSR count). The predicted molar refractivity (Wildman–Crippen MR) is 92.2 cm³/mol. The van der Waals surface area contributed by atoms with Crippen LogP contribution in [0.4, 0.5) is 0 Å². The average Bonchev–Trinajstić information content (AvgIpc) is 3.14. The minimum Gasteiger partial charge on any atom is -0.496 e. The van der Waals surface area contributed by atoms with E-state index in [1.165, 1.54) is 18.4 Å². The Hall–Kier alpha value is -1.99. The summed E-state index contributed by atoms with van der Waals surface area (Å²) in [4.78, 5) is 2.37. The summed E-state index contributed by atoms with van der Waals surface area (Å²) >= 11 is 0. The van der Waals surface area contributed by atoms with Gasteiger partial charge in [0.25, 0.3) is 0 Å². The molecule has 2 aliphatic rings. The van der Waals surface area contributed by atoms with E-state index in [1.807, 2.05) is 16.8 Å². The van der Waals surface area contributed by atoms with Gasteiger partial charge in [-0.2, -0.15) is 0 Å². The molecule has 1 saturated heterocycles. The number of benzene rings is 1. The van der Waals surface area contributed by atoms with Crippen LogP contribution in [0.15, 0.2) is 24.3 Å². The van der Waals surface area contributed by atoms with Gasteiger partial charge in [-0.15, -0.1) is 5.10 Å². The van der Waals surface area contributed by atoms with Gasteiger partial charge in [-0.3, -0.25) is 4.90 Å². The Morgan fingerprint density at radius 1 is 1.24 bits per heavy atom. The van der Waals surface area contributed by atoms with Gasteiger partial charge in [-0.1, -0.05) is 18.2 Å². The van der Waals surface area contributed by atoms with Crippen molar-refractivity contribution in [2.75, 3.05) is 20.3 Å². The van der Waals surface area contributed by atoms with Gasteiger partial charge >= 0.3 is 0 Å². The fourth-order valence-corrected chi connectivity index (χ4v) is 3.45. The second-order valence-corrected chi connectivity index (χ2v) is 6.89. The number of rotatable bonds is 8. The fourth-order valence-electron chi connectivity index (χ4n) is 3.45. The first-order valence-corrected chi connectivity index (χ1v) is 9.06. The summed E-state index contributed by atoms with van der Waals surface area (Å²) in [5, 5.41) is 12.3. The fraction of sp³-hybridized carbons (Fsp3) is 0.611. The largest absolute Gasteiger partial charge is 0.496 e. The predicted octanol–water partition coefficient (Wildman–Crippen LogP) is 2.20. The van der Waals surface area contributed by atoms with Gasteiger partial charge in [0.05, 0.1) is 25.8 Å². The molecular weight excluding hydrogens is 318 g/mol. The smallest absolute Gasteiger partial charge is 0.165 e. The van der Waals surface area contributed by atoms with Crippen molar-refractivity contribution in [1.82, 2.24) is 25.1 Å². The maximum Gasteiger partial charge on any atom is 0.165 e. The SMILES string of the molecule is COc1ccccc1CN(Cc1nnnn1C1CC1)C[C@@H]1CCCO1. The highest BCUT2D eigenvalue weighted by atomic mass is 16.5. The molecule has 134 valence electrons. The highest BCUT2D eigenvalue weighted by Gasteiger charge is 2.29. The number of aromatic nitrogens is 4. The monoisotopic (exact) mass is 343 g/mol. The Balaban J connectivity index is 1.51. The highest BCUT2D eigenvalue weighted by molar-refractivity contribution is 5.33. The minimum absolute atomic E-state index is 0.292. The molecule has 1 aliphatic carbocycles. The van der Waals surface area contributed by atoms with Crippen LogP contribution >= 0.6 is 0 Å². The van der Waals surface area contributed by atoms with Gasteiger partial charge in [0.15, 0.2) is 5.82 Å². The molecule has 25 heavy (non-hydrogen) atoms. The molecule has 2 heterocycles. The van der Waals surface area contributed by atoms with Gasteiger partial charge < -0.3 is 9.47 Å². The maximum absolute atomic E-state index is 5.86. The number of methoxy groups -OCH3 is 1. The summed E-state index contributed by atoms with van der Waals surface area (Å²) in [5.74, 6) is 1.86. The first-order valence-electron chi connectivity index (χ1n) is 9.06. The summed E-state index contributed by atoms with van der Waals surface area (Å²) in [7, 11) is 1.72. The van der Waals surface area contributed by atoms with E-state index in [0.29, 0.717) is 12.1 Å². The highest BCUT2D eigenvalue weighted by Crippen LogP contribution is 2.34. The molecule has 7 nitrogen and oxygen atoms in total. The lowest BCUT2D eigenvalue weighted by Gasteiger charge is -2.25. The molecule has 1 atom stereocenters. The Bertz CT molecular complexity index is 694. The van der Waals surface area contributed by atoms with Crippen molar-refractivity contribution in [2.24, 2.45) is 0 Å². The van der Waals surface area contributed by atoms with E-state index in [4.69, 9.17) is 9.47 Å². The lowest BCUT2D eigenvalue weighted by Crippen LogP contribution is -2.32. The van der Waals surface area contributed by atoms with E-state index in [9.17, 15) is 0 Å². The van der Waals surface area contributed by atoms with Crippen LogP contribution < -0.4 is 4.74 Å². The molecule has 0 unspecified atom stereocenters. The van der Waals surface area contributed by atoms with Crippen LogP contribution in [0.2, 0.25) is 0 Å². The van der Waals surface area contributed by atoms with Crippen LogP contribution in [0, 0.1) is 0 Å². The lowest BCUT2D eigenvalue weighted by atomic mass is 10.1. The Morgan fingerprint density at radius 3 is 2.88 bits per heavy atom. The standard InChI is InChI=1S/C18H25N5O2/c1-24-17-7-3-2-5-14(17)11-22(12-16-6-4-10-25-16)13-18-19-20-21-23(18)15-8-9-15/h2-3,5,7,15-16H,4,6,8-13H2,1H3/t16-/m0/s1. The van der Waals surface area contributed by atoms with E-state index >= 15 is 0 Å². The number of ether oxygens (including phenoxy) is 2. The molecule has 1 aromatic carbocycles. The van der Waals surface area contributed by atoms with Gasteiger partial charge in [-0.05, 0) is 42.2 Å². The van der Waals surface area contributed by atoms with Gasteiger partial charge in [0.2, 0.25) is 0 Å². The number of tetrazole rings is 1. The third kappa shape index (κ3) is 3.99. The summed E-state index contributed by atoms with van der Waals surface area (Å²) in [5.41, 5.74) is 1.17. The zero-order chi connectivity index (χ0) is 17.1. The van der Waals surface area contributed by atoms with Crippen LogP contribution in [-0.4, -0.2) is 51.5 Å². The van der Waals surface area contributed by atoms with Crippen molar-refractivity contribution in [3.63, 3.8) is 0 Å². The topological polar surface area (TPSA) is 65.3 Å². The first-order chi connectivity index (χ1) is 12.3. The van der Waals surface area contributed by atoms with Crippen molar-refractivity contribution >= 4 is 0 Å². The molecule has 2 fully saturated rings. The van der Waals surface area contributed by atoms with Crippen molar-refractivity contribution in [3.8, 4) is 5.75 Å². The van der Waals surface area contributed by atoms with Crippen molar-refractivity contribution in [2.45, 2.75) is 50.9 Å². The molecule has 1 saturated carbocycles. The third-order valence-electron chi connectivity index (χ3n) is 4.89. The van der Waals surface area contributed by atoms with E-state index in [1.54, 1.807) is 7.11 Å². The number of hydrogen-bond acceptors (Lipinski definition) is 6. The average molecular weight is 343 g/mol. The Kier molecular flexibility index (Phi) is 4.94. The van der Waals surface area contributed by atoms with Crippen LogP contribution in [0.5, 0.6) is 5.75 Å². The van der Waals surface area contributed by atoms with E-state index < -0.39 is 0 Å². The molecule has 1 aliphatic heterocycles. The Morgan fingerprint density at radius 2 is 2.12 bits per heavy atom. The molecule has 2 aromatic rings. The van der Waals surface area contributed by atoms with Crippen LogP contribution in [0.1, 0.15) is 43.1 Å². The van der Waals surface area contributed by atoms with E-state index in [2.05, 4.69) is 32.6 Å². The van der Waals surface area contributed by atoms with Crippen LogP contribution in [0.25, 0.3) is 0 Å². The molecule has 0 N–H and O–H groups in total. The number of para-hydroxylation sites is 1. The van der Waals surface area contributed by atoms with Gasteiger partial charge in [0, 0.05) is 25.3 Å². The second kappa shape index (κ2) is 7.49. The van der Waals surface area contributed by atoms with E-state index in [0.717, 1.165) is 50.7 Å². The maximum atomic E-state index is 5.86. The summed E-state index contributed by atoms with van der Waals surface area (Å²) in [6, 6.07) is 8.66. The second-order valence-electron chi connectivity index (χ2n) is 6.89.